The van der Waals surface area contributed by atoms with Crippen molar-refractivity contribution in [1.29, 1.82) is 0 Å². The highest BCUT2D eigenvalue weighted by Crippen LogP contribution is 2.31. The number of hydrogen-bond acceptors (Lipinski definition) is 3. The molecule has 0 aromatic carbocycles. The maximum absolute atomic E-state index is 10.9. The summed E-state index contributed by atoms with van der Waals surface area (Å²) in [4.78, 5) is 22.2. The Morgan fingerprint density at radius 1 is 1.50 bits per heavy atom. The summed E-state index contributed by atoms with van der Waals surface area (Å²) in [6.45, 7) is 5.78. The summed E-state index contributed by atoms with van der Waals surface area (Å²) in [5.74, 6) is -0.965. The molecule has 14 heavy (non-hydrogen) atoms. The van der Waals surface area contributed by atoms with Gasteiger partial charge in [0.05, 0.1) is 4.88 Å². The third-order valence-electron chi connectivity index (χ3n) is 1.87. The van der Waals surface area contributed by atoms with E-state index in [0.29, 0.717) is 11.2 Å². The van der Waals surface area contributed by atoms with E-state index in [-0.39, 0.29) is 10.3 Å². The lowest BCUT2D eigenvalue weighted by Gasteiger charge is -2.17. The Balaban J connectivity index is 3.33. The molecule has 0 aliphatic heterocycles. The van der Waals surface area contributed by atoms with Crippen molar-refractivity contribution in [1.82, 2.24) is 0 Å². The minimum absolute atomic E-state index is 0.245. The molecule has 0 unspecified atom stereocenters. The van der Waals surface area contributed by atoms with Crippen molar-refractivity contribution in [3.05, 3.63) is 21.4 Å². The van der Waals surface area contributed by atoms with Gasteiger partial charge in [-0.25, -0.2) is 4.79 Å². The van der Waals surface area contributed by atoms with E-state index in [4.69, 9.17) is 5.11 Å². The number of carboxylic acids is 1. The first-order valence-electron chi connectivity index (χ1n) is 4.19. The summed E-state index contributed by atoms with van der Waals surface area (Å²) in [5, 5.41) is 8.93. The van der Waals surface area contributed by atoms with Crippen molar-refractivity contribution >= 4 is 23.6 Å². The number of thiophene rings is 1. The fourth-order valence-corrected chi connectivity index (χ4v) is 2.21. The van der Waals surface area contributed by atoms with E-state index >= 15 is 0 Å². The van der Waals surface area contributed by atoms with Gasteiger partial charge < -0.3 is 5.11 Å². The Morgan fingerprint density at radius 3 is 2.36 bits per heavy atom. The summed E-state index contributed by atoms with van der Waals surface area (Å²) in [6, 6.07) is 1.65. The van der Waals surface area contributed by atoms with Gasteiger partial charge in [-0.1, -0.05) is 20.8 Å². The molecule has 0 radical (unpaired) electrons. The molecule has 0 bridgehead atoms. The van der Waals surface area contributed by atoms with Crippen LogP contribution in [-0.2, 0) is 5.41 Å². The van der Waals surface area contributed by atoms with Crippen molar-refractivity contribution in [3.8, 4) is 0 Å². The van der Waals surface area contributed by atoms with Gasteiger partial charge in [0.15, 0.2) is 6.29 Å². The Hall–Kier alpha value is -1.16. The fraction of sp³-hybridized carbons (Fsp3) is 0.400. The summed E-state index contributed by atoms with van der Waals surface area (Å²) in [6.07, 6.45) is 0.687. The van der Waals surface area contributed by atoms with E-state index in [1.165, 1.54) is 0 Å². The van der Waals surface area contributed by atoms with Gasteiger partial charge in [0.2, 0.25) is 0 Å². The second kappa shape index (κ2) is 3.53. The van der Waals surface area contributed by atoms with Crippen LogP contribution in [0.5, 0.6) is 0 Å². The molecular formula is C10H12O3S. The molecule has 4 heteroatoms. The first-order chi connectivity index (χ1) is 6.36. The van der Waals surface area contributed by atoms with E-state index < -0.39 is 5.97 Å². The molecule has 0 spiro atoms. The van der Waals surface area contributed by atoms with E-state index in [9.17, 15) is 9.59 Å². The molecule has 0 saturated carbocycles. The average Bonchev–Trinajstić information content (AvgIpc) is 2.46. The van der Waals surface area contributed by atoms with Gasteiger partial charge in [0, 0.05) is 0 Å². The molecule has 1 rings (SSSR count). The van der Waals surface area contributed by atoms with E-state index in [1.807, 2.05) is 20.8 Å². The zero-order valence-corrected chi connectivity index (χ0v) is 9.14. The lowest BCUT2D eigenvalue weighted by Crippen LogP contribution is -2.14. The first-order valence-corrected chi connectivity index (χ1v) is 5.00. The molecule has 0 aliphatic rings. The van der Waals surface area contributed by atoms with Gasteiger partial charge in [0.1, 0.15) is 4.88 Å². The summed E-state index contributed by atoms with van der Waals surface area (Å²) >= 11 is 1.03. The molecular weight excluding hydrogens is 200 g/mol. The normalized spacial score (nSPS) is 11.4. The Morgan fingerprint density at radius 2 is 2.07 bits per heavy atom. The zero-order chi connectivity index (χ0) is 10.9. The van der Waals surface area contributed by atoms with Crippen molar-refractivity contribution in [2.75, 3.05) is 0 Å². The molecule has 3 nitrogen and oxygen atoms in total. The number of hydrogen-bond donors (Lipinski definition) is 1. The number of carbonyl (C=O) groups is 2. The third-order valence-corrected chi connectivity index (χ3v) is 2.92. The van der Waals surface area contributed by atoms with Crippen LogP contribution in [0.25, 0.3) is 0 Å². The first kappa shape index (κ1) is 10.9. The standard InChI is InChI=1S/C10H12O3S/c1-10(2,3)7-4-6(5-11)14-8(7)9(12)13/h4-5H,1-3H3,(H,12,13). The maximum atomic E-state index is 10.9. The molecule has 0 aliphatic carbocycles. The smallest absolute Gasteiger partial charge is 0.346 e. The lowest BCUT2D eigenvalue weighted by atomic mass is 9.87. The number of aromatic carboxylic acids is 1. The monoisotopic (exact) mass is 212 g/mol. The van der Waals surface area contributed by atoms with Crippen LogP contribution in [0, 0.1) is 0 Å². The highest BCUT2D eigenvalue weighted by atomic mass is 32.1. The summed E-state index contributed by atoms with van der Waals surface area (Å²) in [5.41, 5.74) is 0.475. The fourth-order valence-electron chi connectivity index (χ4n) is 1.18. The van der Waals surface area contributed by atoms with Gasteiger partial charge >= 0.3 is 5.97 Å². The van der Waals surface area contributed by atoms with Crippen LogP contribution in [0.4, 0.5) is 0 Å². The van der Waals surface area contributed by atoms with Crippen molar-refractivity contribution in [3.63, 3.8) is 0 Å². The molecule has 0 atom stereocenters. The van der Waals surface area contributed by atoms with Crippen LogP contribution >= 0.6 is 11.3 Å². The zero-order valence-electron chi connectivity index (χ0n) is 8.33. The molecule has 0 fully saturated rings. The number of carbonyl (C=O) groups excluding carboxylic acids is 1. The second-order valence-electron chi connectivity index (χ2n) is 4.06. The van der Waals surface area contributed by atoms with E-state index in [2.05, 4.69) is 0 Å². The maximum Gasteiger partial charge on any atom is 0.346 e. The topological polar surface area (TPSA) is 54.4 Å². The molecule has 0 amide bonds. The highest BCUT2D eigenvalue weighted by Gasteiger charge is 2.24. The largest absolute Gasteiger partial charge is 0.477 e. The Bertz CT molecular complexity index is 371. The highest BCUT2D eigenvalue weighted by molar-refractivity contribution is 7.15. The van der Waals surface area contributed by atoms with Crippen LogP contribution in [0.3, 0.4) is 0 Å². The third kappa shape index (κ3) is 2.01. The second-order valence-corrected chi connectivity index (χ2v) is 5.15. The molecule has 1 N–H and O–H groups in total. The minimum Gasteiger partial charge on any atom is -0.477 e. The van der Waals surface area contributed by atoms with Gasteiger partial charge in [-0.15, -0.1) is 11.3 Å². The van der Waals surface area contributed by atoms with Crippen molar-refractivity contribution < 1.29 is 14.7 Å². The van der Waals surface area contributed by atoms with E-state index in [0.717, 1.165) is 16.9 Å². The predicted octanol–water partition coefficient (Wildman–Crippen LogP) is 2.56. The van der Waals surface area contributed by atoms with Gasteiger partial charge in [-0.2, -0.15) is 0 Å². The average molecular weight is 212 g/mol. The molecule has 1 aromatic heterocycles. The molecule has 1 heterocycles. The van der Waals surface area contributed by atoms with E-state index in [1.54, 1.807) is 6.07 Å². The minimum atomic E-state index is -0.965. The van der Waals surface area contributed by atoms with Crippen molar-refractivity contribution in [2.45, 2.75) is 26.2 Å². The summed E-state index contributed by atoms with van der Waals surface area (Å²) < 4.78 is 0. The number of rotatable bonds is 2. The van der Waals surface area contributed by atoms with Gasteiger partial charge in [0.25, 0.3) is 0 Å². The van der Waals surface area contributed by atoms with Crippen molar-refractivity contribution in [2.24, 2.45) is 0 Å². The quantitative estimate of drug-likeness (QED) is 0.766. The molecule has 76 valence electrons. The van der Waals surface area contributed by atoms with Crippen LogP contribution < -0.4 is 0 Å². The van der Waals surface area contributed by atoms with Crippen LogP contribution in [0.1, 0.15) is 45.7 Å². The molecule has 1 aromatic rings. The number of aldehydes is 1. The molecule has 0 saturated heterocycles. The van der Waals surface area contributed by atoms with Crippen LogP contribution in [0.2, 0.25) is 0 Å². The Labute approximate surface area is 86.4 Å². The summed E-state index contributed by atoms with van der Waals surface area (Å²) in [7, 11) is 0. The lowest BCUT2D eigenvalue weighted by molar-refractivity contribution is 0.0699. The SMILES string of the molecule is CC(C)(C)c1cc(C=O)sc1C(=O)O. The van der Waals surface area contributed by atoms with Gasteiger partial charge in [-0.05, 0) is 17.0 Å². The Kier molecular flexibility index (Phi) is 2.76. The van der Waals surface area contributed by atoms with Crippen LogP contribution in [-0.4, -0.2) is 17.4 Å². The number of carboxylic acid groups (broad SMARTS) is 1. The predicted molar refractivity (Wildman–Crippen MR) is 55.4 cm³/mol. The van der Waals surface area contributed by atoms with Gasteiger partial charge in [-0.3, -0.25) is 4.79 Å². The van der Waals surface area contributed by atoms with Crippen LogP contribution in [0.15, 0.2) is 6.07 Å².